The summed E-state index contributed by atoms with van der Waals surface area (Å²) in [6.45, 7) is 5.80. The molecule has 1 aliphatic heterocycles. The molecule has 1 fully saturated rings. The highest BCUT2D eigenvalue weighted by atomic mass is 32.2. The Morgan fingerprint density at radius 1 is 1.36 bits per heavy atom. The highest BCUT2D eigenvalue weighted by molar-refractivity contribution is 7.90. The second-order valence-corrected chi connectivity index (χ2v) is 9.63. The maximum atomic E-state index is 11.8. The van der Waals surface area contributed by atoms with Gasteiger partial charge in [0, 0.05) is 30.9 Å². The molecule has 1 aliphatic rings. The second kappa shape index (κ2) is 7.80. The zero-order chi connectivity index (χ0) is 17.9. The van der Waals surface area contributed by atoms with Crippen molar-refractivity contribution in [3.63, 3.8) is 0 Å². The lowest BCUT2D eigenvalue weighted by Gasteiger charge is -2.31. The van der Waals surface area contributed by atoms with Gasteiger partial charge in [0.05, 0.1) is 10.7 Å². The topological polar surface area (TPSA) is 75.2 Å². The number of anilines is 1. The number of likely N-dealkylation sites (tertiary alicyclic amines) is 1. The van der Waals surface area contributed by atoms with Crippen LogP contribution in [0, 0.1) is 12.8 Å². The van der Waals surface area contributed by atoms with Crippen LogP contribution in [0.3, 0.4) is 0 Å². The SMILES string of the molecule is Cc1nc(CN2CCC(CNc3ncccc3S(C)(=O)=O)CC2)cs1. The molecule has 0 aromatic carbocycles. The third kappa shape index (κ3) is 4.99. The van der Waals surface area contributed by atoms with Gasteiger partial charge in [-0.15, -0.1) is 11.3 Å². The minimum Gasteiger partial charge on any atom is -0.369 e. The minimum atomic E-state index is -3.27. The molecule has 1 saturated heterocycles. The van der Waals surface area contributed by atoms with E-state index >= 15 is 0 Å². The van der Waals surface area contributed by atoms with Crippen molar-refractivity contribution in [3.05, 3.63) is 34.4 Å². The van der Waals surface area contributed by atoms with Gasteiger partial charge in [-0.1, -0.05) is 0 Å². The molecule has 2 aromatic rings. The summed E-state index contributed by atoms with van der Waals surface area (Å²) in [7, 11) is -3.27. The van der Waals surface area contributed by atoms with Crippen LogP contribution in [0.1, 0.15) is 23.5 Å². The van der Waals surface area contributed by atoms with Gasteiger partial charge in [0.25, 0.3) is 0 Å². The number of pyridine rings is 1. The molecule has 3 heterocycles. The number of rotatable bonds is 6. The van der Waals surface area contributed by atoms with Crippen molar-refractivity contribution in [2.75, 3.05) is 31.2 Å². The van der Waals surface area contributed by atoms with E-state index in [0.29, 0.717) is 11.7 Å². The fourth-order valence-electron chi connectivity index (χ4n) is 3.12. The van der Waals surface area contributed by atoms with Crippen LogP contribution < -0.4 is 5.32 Å². The van der Waals surface area contributed by atoms with Crippen LogP contribution in [0.25, 0.3) is 0 Å². The number of nitrogens with one attached hydrogen (secondary N) is 1. The van der Waals surface area contributed by atoms with Crippen molar-refractivity contribution in [3.8, 4) is 0 Å². The first-order valence-electron chi connectivity index (χ1n) is 8.44. The van der Waals surface area contributed by atoms with Gasteiger partial charge in [0.15, 0.2) is 9.84 Å². The molecule has 2 aromatic heterocycles. The summed E-state index contributed by atoms with van der Waals surface area (Å²) in [5.41, 5.74) is 1.16. The standard InChI is InChI=1S/C17H24N4O2S2/c1-13-20-15(12-24-13)11-21-8-5-14(6-9-21)10-19-17-16(25(2,22)23)4-3-7-18-17/h3-4,7,12,14H,5-6,8-11H2,1-2H3,(H,18,19). The largest absolute Gasteiger partial charge is 0.369 e. The molecule has 0 unspecified atom stereocenters. The lowest BCUT2D eigenvalue weighted by molar-refractivity contribution is 0.181. The first kappa shape index (κ1) is 18.3. The van der Waals surface area contributed by atoms with Crippen molar-refractivity contribution in [2.24, 2.45) is 5.92 Å². The Balaban J connectivity index is 1.50. The average molecular weight is 381 g/mol. The number of thiazole rings is 1. The monoisotopic (exact) mass is 380 g/mol. The normalized spacial score (nSPS) is 16.9. The number of nitrogens with zero attached hydrogens (tertiary/aromatic N) is 3. The molecule has 136 valence electrons. The van der Waals surface area contributed by atoms with Gasteiger partial charge in [-0.3, -0.25) is 4.90 Å². The lowest BCUT2D eigenvalue weighted by atomic mass is 9.96. The van der Waals surface area contributed by atoms with E-state index in [1.807, 2.05) is 6.92 Å². The summed E-state index contributed by atoms with van der Waals surface area (Å²) in [6.07, 6.45) is 5.03. The number of piperidine rings is 1. The van der Waals surface area contributed by atoms with Gasteiger partial charge >= 0.3 is 0 Å². The summed E-state index contributed by atoms with van der Waals surface area (Å²) in [5.74, 6) is 0.994. The summed E-state index contributed by atoms with van der Waals surface area (Å²) in [6, 6.07) is 3.25. The lowest BCUT2D eigenvalue weighted by Crippen LogP contribution is -2.35. The molecule has 0 amide bonds. The molecular formula is C17H24N4O2S2. The van der Waals surface area contributed by atoms with Crippen LogP contribution in [0.4, 0.5) is 5.82 Å². The van der Waals surface area contributed by atoms with Crippen LogP contribution in [0.2, 0.25) is 0 Å². The molecule has 6 nitrogen and oxygen atoms in total. The molecule has 0 saturated carbocycles. The Kier molecular flexibility index (Phi) is 5.71. The third-order valence-corrected chi connectivity index (χ3v) is 6.44. The quantitative estimate of drug-likeness (QED) is 0.830. The summed E-state index contributed by atoms with van der Waals surface area (Å²) < 4.78 is 23.7. The number of sulfone groups is 1. The molecule has 0 bridgehead atoms. The molecule has 0 spiro atoms. The zero-order valence-electron chi connectivity index (χ0n) is 14.6. The highest BCUT2D eigenvalue weighted by Gasteiger charge is 2.21. The molecule has 1 N–H and O–H groups in total. The van der Waals surface area contributed by atoms with E-state index in [1.165, 1.54) is 6.26 Å². The van der Waals surface area contributed by atoms with Crippen molar-refractivity contribution >= 4 is 27.0 Å². The van der Waals surface area contributed by atoms with Gasteiger partial charge in [-0.25, -0.2) is 18.4 Å². The van der Waals surface area contributed by atoms with Gasteiger partial charge in [-0.2, -0.15) is 0 Å². The minimum absolute atomic E-state index is 0.270. The van der Waals surface area contributed by atoms with Crippen molar-refractivity contribution in [1.82, 2.24) is 14.9 Å². The Morgan fingerprint density at radius 3 is 2.76 bits per heavy atom. The van der Waals surface area contributed by atoms with Crippen LogP contribution >= 0.6 is 11.3 Å². The maximum Gasteiger partial charge on any atom is 0.179 e. The Hall–Kier alpha value is -1.51. The van der Waals surface area contributed by atoms with Gasteiger partial charge in [0.1, 0.15) is 10.7 Å². The van der Waals surface area contributed by atoms with Gasteiger partial charge < -0.3 is 5.32 Å². The number of aromatic nitrogens is 2. The molecular weight excluding hydrogens is 356 g/mol. The fraction of sp³-hybridized carbons (Fsp3) is 0.529. The first-order valence-corrected chi connectivity index (χ1v) is 11.2. The molecule has 25 heavy (non-hydrogen) atoms. The highest BCUT2D eigenvalue weighted by Crippen LogP contribution is 2.22. The smallest absolute Gasteiger partial charge is 0.179 e. The number of hydrogen-bond donors (Lipinski definition) is 1. The van der Waals surface area contributed by atoms with E-state index in [9.17, 15) is 8.42 Å². The van der Waals surface area contributed by atoms with Crippen molar-refractivity contribution in [2.45, 2.75) is 31.2 Å². The number of hydrogen-bond acceptors (Lipinski definition) is 7. The fourth-order valence-corrected chi connectivity index (χ4v) is 4.53. The maximum absolute atomic E-state index is 11.8. The van der Waals surface area contributed by atoms with E-state index in [1.54, 1.807) is 29.7 Å². The first-order chi connectivity index (χ1) is 11.9. The van der Waals surface area contributed by atoms with E-state index in [2.05, 4.69) is 25.6 Å². The summed E-state index contributed by atoms with van der Waals surface area (Å²) in [5, 5.41) is 6.49. The van der Waals surface area contributed by atoms with E-state index in [-0.39, 0.29) is 4.90 Å². The summed E-state index contributed by atoms with van der Waals surface area (Å²) in [4.78, 5) is 11.4. The second-order valence-electron chi connectivity index (χ2n) is 6.58. The predicted molar refractivity (Wildman–Crippen MR) is 101 cm³/mol. The average Bonchev–Trinajstić information content (AvgIpc) is 2.98. The molecule has 0 aliphatic carbocycles. The van der Waals surface area contributed by atoms with Crippen LogP contribution in [0.5, 0.6) is 0 Å². The van der Waals surface area contributed by atoms with Crippen LogP contribution in [0.15, 0.2) is 28.6 Å². The van der Waals surface area contributed by atoms with Crippen LogP contribution in [-0.4, -0.2) is 49.2 Å². The Bertz CT molecular complexity index is 812. The predicted octanol–water partition coefficient (Wildman–Crippen LogP) is 2.57. The molecule has 0 atom stereocenters. The van der Waals surface area contributed by atoms with E-state index in [0.717, 1.165) is 49.7 Å². The zero-order valence-corrected chi connectivity index (χ0v) is 16.2. The Morgan fingerprint density at radius 2 is 2.12 bits per heavy atom. The molecule has 0 radical (unpaired) electrons. The third-order valence-electron chi connectivity index (χ3n) is 4.49. The van der Waals surface area contributed by atoms with Crippen molar-refractivity contribution < 1.29 is 8.42 Å². The molecule has 8 heteroatoms. The van der Waals surface area contributed by atoms with Gasteiger partial charge in [0.2, 0.25) is 0 Å². The number of aryl methyl sites for hydroxylation is 1. The molecule has 3 rings (SSSR count). The van der Waals surface area contributed by atoms with E-state index in [4.69, 9.17) is 0 Å². The van der Waals surface area contributed by atoms with E-state index < -0.39 is 9.84 Å². The Labute approximate surface area is 153 Å². The van der Waals surface area contributed by atoms with Crippen molar-refractivity contribution in [1.29, 1.82) is 0 Å². The van der Waals surface area contributed by atoms with Gasteiger partial charge in [-0.05, 0) is 50.9 Å². The summed E-state index contributed by atoms with van der Waals surface area (Å²) >= 11 is 1.70. The van der Waals surface area contributed by atoms with Crippen LogP contribution in [-0.2, 0) is 16.4 Å².